The number of carbonyl (C=O) groups excluding carboxylic acids is 1. The summed E-state index contributed by atoms with van der Waals surface area (Å²) in [6, 6.07) is 24.7. The first-order valence-corrected chi connectivity index (χ1v) is 11.8. The van der Waals surface area contributed by atoms with Gasteiger partial charge in [0.15, 0.2) is 0 Å². The molecular weight excluding hydrogens is 408 g/mol. The number of amides is 2. The van der Waals surface area contributed by atoms with Gasteiger partial charge in [-0.2, -0.15) is 0 Å². The summed E-state index contributed by atoms with van der Waals surface area (Å²) >= 11 is 0. The van der Waals surface area contributed by atoms with E-state index in [4.69, 9.17) is 0 Å². The van der Waals surface area contributed by atoms with Crippen LogP contribution in [0.3, 0.4) is 0 Å². The van der Waals surface area contributed by atoms with Gasteiger partial charge in [0.25, 0.3) is 0 Å². The lowest BCUT2D eigenvalue weighted by Gasteiger charge is -2.29. The smallest absolute Gasteiger partial charge is 0.322 e. The normalized spacial score (nSPS) is 15.8. The molecule has 4 rings (SSSR count). The number of nitrogens with zero attached hydrogens (tertiary/aromatic N) is 1. The van der Waals surface area contributed by atoms with E-state index in [1.165, 1.54) is 5.56 Å². The zero-order valence-corrected chi connectivity index (χ0v) is 18.1. The average Bonchev–Trinajstić information content (AvgIpc) is 3.22. The minimum absolute atomic E-state index is 0.0443. The minimum atomic E-state index is -1.15. The van der Waals surface area contributed by atoms with Crippen molar-refractivity contribution in [3.8, 4) is 0 Å². The van der Waals surface area contributed by atoms with Crippen LogP contribution in [0.15, 0.2) is 83.8 Å². The molecule has 31 heavy (non-hydrogen) atoms. The Hall–Kier alpha value is -2.96. The van der Waals surface area contributed by atoms with Gasteiger partial charge in [-0.3, -0.25) is 4.21 Å². The van der Waals surface area contributed by atoms with E-state index in [2.05, 4.69) is 17.4 Å². The summed E-state index contributed by atoms with van der Waals surface area (Å²) in [5.41, 5.74) is 3.95. The van der Waals surface area contributed by atoms with Gasteiger partial charge in [-0.15, -0.1) is 0 Å². The van der Waals surface area contributed by atoms with Crippen LogP contribution in [0.1, 0.15) is 29.2 Å². The molecule has 2 amide bonds. The zero-order valence-electron chi connectivity index (χ0n) is 17.2. The van der Waals surface area contributed by atoms with E-state index in [-0.39, 0.29) is 25.2 Å². The predicted octanol–water partition coefficient (Wildman–Crippen LogP) is 4.51. The Kier molecular flexibility index (Phi) is 6.79. The monoisotopic (exact) mass is 434 g/mol. The third-order valence-corrected chi connectivity index (χ3v) is 6.95. The topological polar surface area (TPSA) is 69.6 Å². The van der Waals surface area contributed by atoms with Crippen LogP contribution in [0.4, 0.5) is 10.5 Å². The van der Waals surface area contributed by atoms with Crippen molar-refractivity contribution in [2.45, 2.75) is 29.5 Å². The number of rotatable bonds is 7. The van der Waals surface area contributed by atoms with Crippen LogP contribution in [-0.4, -0.2) is 33.4 Å². The Morgan fingerprint density at radius 2 is 1.81 bits per heavy atom. The molecular formula is C25H26N2O3S. The fraction of sp³-hybridized carbons (Fsp3) is 0.240. The molecule has 1 aliphatic carbocycles. The maximum absolute atomic E-state index is 13.1. The summed E-state index contributed by atoms with van der Waals surface area (Å²) in [5.74, 6) is 0.379. The van der Waals surface area contributed by atoms with Gasteiger partial charge in [-0.1, -0.05) is 54.6 Å². The SMILES string of the molecule is O=C(Nc1cccc(C[S@@](=O)c2ccccc2)c1)N(CCO)[C@@H]1CCc2ccccc21. The second kappa shape index (κ2) is 9.90. The fourth-order valence-electron chi connectivity index (χ4n) is 4.11. The first-order chi connectivity index (χ1) is 15.2. The first-order valence-electron chi connectivity index (χ1n) is 10.4. The van der Waals surface area contributed by atoms with Crippen molar-refractivity contribution in [3.63, 3.8) is 0 Å². The van der Waals surface area contributed by atoms with Crippen molar-refractivity contribution >= 4 is 22.5 Å². The highest BCUT2D eigenvalue weighted by atomic mass is 32.2. The molecule has 2 N–H and O–H groups in total. The van der Waals surface area contributed by atoms with Crippen LogP contribution in [-0.2, 0) is 23.0 Å². The van der Waals surface area contributed by atoms with Crippen molar-refractivity contribution in [2.75, 3.05) is 18.5 Å². The van der Waals surface area contributed by atoms with E-state index < -0.39 is 10.8 Å². The molecule has 2 atom stereocenters. The maximum atomic E-state index is 13.1. The van der Waals surface area contributed by atoms with Crippen LogP contribution >= 0.6 is 0 Å². The Labute approximate surface area is 185 Å². The summed E-state index contributed by atoms with van der Waals surface area (Å²) in [6.07, 6.45) is 1.78. The third-order valence-electron chi connectivity index (χ3n) is 5.56. The molecule has 3 aromatic rings. The highest BCUT2D eigenvalue weighted by Crippen LogP contribution is 2.35. The van der Waals surface area contributed by atoms with E-state index in [1.54, 1.807) is 4.90 Å². The minimum Gasteiger partial charge on any atom is -0.395 e. The second-order valence-corrected chi connectivity index (χ2v) is 9.05. The molecule has 160 valence electrons. The number of fused-ring (bicyclic) bond motifs is 1. The van der Waals surface area contributed by atoms with Gasteiger partial charge in [0.1, 0.15) is 0 Å². The van der Waals surface area contributed by atoms with Gasteiger partial charge in [-0.05, 0) is 53.8 Å². The quantitative estimate of drug-likeness (QED) is 0.575. The number of carbonyl (C=O) groups is 1. The van der Waals surface area contributed by atoms with Crippen LogP contribution in [0.25, 0.3) is 0 Å². The van der Waals surface area contributed by atoms with Crippen LogP contribution < -0.4 is 5.32 Å². The van der Waals surface area contributed by atoms with Gasteiger partial charge < -0.3 is 15.3 Å². The number of hydrogen-bond acceptors (Lipinski definition) is 3. The second-order valence-electron chi connectivity index (χ2n) is 7.60. The van der Waals surface area contributed by atoms with Crippen molar-refractivity contribution in [3.05, 3.63) is 95.6 Å². The molecule has 0 bridgehead atoms. The highest BCUT2D eigenvalue weighted by Gasteiger charge is 2.30. The molecule has 0 unspecified atom stereocenters. The highest BCUT2D eigenvalue weighted by molar-refractivity contribution is 7.84. The average molecular weight is 435 g/mol. The number of aliphatic hydroxyl groups is 1. The molecule has 0 saturated carbocycles. The molecule has 1 aliphatic rings. The molecule has 3 aromatic carbocycles. The van der Waals surface area contributed by atoms with Crippen LogP contribution in [0.5, 0.6) is 0 Å². The van der Waals surface area contributed by atoms with E-state index in [0.29, 0.717) is 11.4 Å². The largest absolute Gasteiger partial charge is 0.395 e. The number of aliphatic hydroxyl groups excluding tert-OH is 1. The number of aryl methyl sites for hydroxylation is 1. The molecule has 0 fully saturated rings. The number of benzene rings is 3. The summed E-state index contributed by atoms with van der Waals surface area (Å²) in [4.78, 5) is 15.6. The maximum Gasteiger partial charge on any atom is 0.322 e. The Morgan fingerprint density at radius 3 is 2.61 bits per heavy atom. The molecule has 6 heteroatoms. The molecule has 0 heterocycles. The van der Waals surface area contributed by atoms with Gasteiger partial charge in [-0.25, -0.2) is 4.79 Å². The Balaban J connectivity index is 1.47. The van der Waals surface area contributed by atoms with Crippen molar-refractivity contribution in [1.82, 2.24) is 4.90 Å². The van der Waals surface area contributed by atoms with E-state index >= 15 is 0 Å². The summed E-state index contributed by atoms with van der Waals surface area (Å²) in [6.45, 7) is 0.171. The Bertz CT molecular complexity index is 1070. The lowest BCUT2D eigenvalue weighted by atomic mass is 10.1. The molecule has 5 nitrogen and oxygen atoms in total. The summed E-state index contributed by atoms with van der Waals surface area (Å²) in [5, 5.41) is 12.5. The number of nitrogens with one attached hydrogen (secondary N) is 1. The van der Waals surface area contributed by atoms with Crippen molar-refractivity contribution in [1.29, 1.82) is 0 Å². The van der Waals surface area contributed by atoms with Gasteiger partial charge in [0.2, 0.25) is 0 Å². The van der Waals surface area contributed by atoms with Crippen LogP contribution in [0.2, 0.25) is 0 Å². The molecule has 0 saturated heterocycles. The molecule has 0 radical (unpaired) electrons. The van der Waals surface area contributed by atoms with Gasteiger partial charge >= 0.3 is 6.03 Å². The summed E-state index contributed by atoms with van der Waals surface area (Å²) < 4.78 is 12.6. The van der Waals surface area contributed by atoms with Crippen molar-refractivity contribution in [2.24, 2.45) is 0 Å². The predicted molar refractivity (Wildman–Crippen MR) is 123 cm³/mol. The van der Waals surface area contributed by atoms with E-state index in [1.807, 2.05) is 66.7 Å². The molecule has 0 spiro atoms. The number of anilines is 1. The van der Waals surface area contributed by atoms with Gasteiger partial charge in [0.05, 0.1) is 29.2 Å². The van der Waals surface area contributed by atoms with E-state index in [9.17, 15) is 14.1 Å². The van der Waals surface area contributed by atoms with Gasteiger partial charge in [0, 0.05) is 17.1 Å². The molecule has 0 aromatic heterocycles. The number of hydrogen-bond donors (Lipinski definition) is 2. The van der Waals surface area contributed by atoms with E-state index in [0.717, 1.165) is 28.9 Å². The standard InChI is InChI=1S/C25H26N2O3S/c28-16-15-27(24-14-13-20-8-4-5-12-23(20)24)25(29)26-21-9-6-7-19(17-21)18-31(30)22-10-2-1-3-11-22/h1-12,17,24,28H,13-16,18H2,(H,26,29)/t24-,31-/m1/s1. The first kappa shape index (κ1) is 21.3. The third kappa shape index (κ3) is 5.03. The lowest BCUT2D eigenvalue weighted by Crippen LogP contribution is -2.39. The zero-order chi connectivity index (χ0) is 21.6. The number of urea groups is 1. The van der Waals surface area contributed by atoms with Crippen molar-refractivity contribution < 1.29 is 14.1 Å². The fourth-order valence-corrected chi connectivity index (χ4v) is 5.22. The lowest BCUT2D eigenvalue weighted by molar-refractivity contribution is 0.162. The Morgan fingerprint density at radius 1 is 1.03 bits per heavy atom. The van der Waals surface area contributed by atoms with Crippen LogP contribution in [0, 0.1) is 0 Å². The summed E-state index contributed by atoms with van der Waals surface area (Å²) in [7, 11) is -1.15. The molecule has 0 aliphatic heterocycles.